The minimum Gasteiger partial charge on any atom is -0.390 e. The van der Waals surface area contributed by atoms with Crippen molar-refractivity contribution in [2.45, 2.75) is 43.5 Å². The molecule has 1 fully saturated rings. The van der Waals surface area contributed by atoms with Crippen LogP contribution in [0.15, 0.2) is 30.3 Å². The molecule has 0 spiro atoms. The summed E-state index contributed by atoms with van der Waals surface area (Å²) in [7, 11) is 0. The van der Waals surface area contributed by atoms with Crippen LogP contribution in [0.25, 0.3) is 0 Å². The van der Waals surface area contributed by atoms with E-state index in [1.54, 1.807) is 0 Å². The second-order valence-electron chi connectivity index (χ2n) is 4.77. The topological polar surface area (TPSA) is 102 Å². The Morgan fingerprint density at radius 2 is 1.68 bits per heavy atom. The van der Waals surface area contributed by atoms with E-state index in [2.05, 4.69) is 5.48 Å². The molecule has 1 aliphatic carbocycles. The Kier molecular flexibility index (Phi) is 4.87. The Labute approximate surface area is 111 Å². The Hall–Kier alpha value is -1.02. The fourth-order valence-corrected chi connectivity index (χ4v) is 2.13. The van der Waals surface area contributed by atoms with Crippen molar-refractivity contribution in [2.24, 2.45) is 0 Å². The van der Waals surface area contributed by atoms with Gasteiger partial charge in [0, 0.05) is 0 Å². The molecule has 6 heteroatoms. The molecule has 1 aromatic carbocycles. The van der Waals surface area contributed by atoms with Crippen molar-refractivity contribution in [3.63, 3.8) is 0 Å². The van der Waals surface area contributed by atoms with Crippen molar-refractivity contribution in [3.05, 3.63) is 35.9 Å². The summed E-state index contributed by atoms with van der Waals surface area (Å²) in [6, 6.07) is 8.84. The monoisotopic (exact) mass is 269 g/mol. The third-order valence-electron chi connectivity index (χ3n) is 3.32. The number of hydrogen-bond acceptors (Lipinski definition) is 6. The molecule has 0 aromatic heterocycles. The largest absolute Gasteiger partial charge is 0.390 e. The second kappa shape index (κ2) is 6.42. The number of nitrogens with one attached hydrogen (secondary N) is 1. The van der Waals surface area contributed by atoms with Gasteiger partial charge in [0.2, 0.25) is 0 Å². The maximum Gasteiger partial charge on any atom is 0.110 e. The SMILES string of the molecule is O[C@@H]1[C@@H](O)[C@H](NOCc2ccccc2)C[C@@H](O)[C@H]1O. The number of aliphatic hydroxyl groups is 4. The summed E-state index contributed by atoms with van der Waals surface area (Å²) in [6.07, 6.45) is -4.89. The average Bonchev–Trinajstić information content (AvgIpc) is 2.43. The smallest absolute Gasteiger partial charge is 0.110 e. The van der Waals surface area contributed by atoms with Gasteiger partial charge in [0.1, 0.15) is 18.3 Å². The molecule has 0 saturated heterocycles. The van der Waals surface area contributed by atoms with E-state index in [1.165, 1.54) is 0 Å². The van der Waals surface area contributed by atoms with Gasteiger partial charge in [-0.2, -0.15) is 5.48 Å². The van der Waals surface area contributed by atoms with Gasteiger partial charge in [-0.25, -0.2) is 0 Å². The predicted molar refractivity (Wildman–Crippen MR) is 66.8 cm³/mol. The lowest BCUT2D eigenvalue weighted by Crippen LogP contribution is -2.59. The van der Waals surface area contributed by atoms with Crippen LogP contribution in [0.2, 0.25) is 0 Å². The molecule has 0 unspecified atom stereocenters. The maximum atomic E-state index is 9.76. The molecule has 0 radical (unpaired) electrons. The van der Waals surface area contributed by atoms with Crippen LogP contribution in [-0.4, -0.2) is 50.9 Å². The van der Waals surface area contributed by atoms with Crippen molar-refractivity contribution in [1.29, 1.82) is 0 Å². The van der Waals surface area contributed by atoms with Gasteiger partial charge in [0.25, 0.3) is 0 Å². The lowest BCUT2D eigenvalue weighted by Gasteiger charge is -2.38. The van der Waals surface area contributed by atoms with Crippen LogP contribution in [0.3, 0.4) is 0 Å². The molecule has 19 heavy (non-hydrogen) atoms. The Balaban J connectivity index is 1.82. The van der Waals surface area contributed by atoms with Crippen LogP contribution in [0.4, 0.5) is 0 Å². The van der Waals surface area contributed by atoms with Crippen LogP contribution < -0.4 is 5.48 Å². The van der Waals surface area contributed by atoms with Crippen molar-refractivity contribution in [1.82, 2.24) is 5.48 Å². The normalized spacial score (nSPS) is 35.3. The lowest BCUT2D eigenvalue weighted by atomic mass is 9.86. The lowest BCUT2D eigenvalue weighted by molar-refractivity contribution is -0.167. The first-order valence-electron chi connectivity index (χ1n) is 6.23. The fourth-order valence-electron chi connectivity index (χ4n) is 2.13. The quantitative estimate of drug-likeness (QED) is 0.446. The molecule has 1 aliphatic rings. The van der Waals surface area contributed by atoms with Crippen LogP contribution in [0.1, 0.15) is 12.0 Å². The van der Waals surface area contributed by atoms with Crippen LogP contribution >= 0.6 is 0 Å². The number of aliphatic hydroxyl groups excluding tert-OH is 4. The molecule has 106 valence electrons. The molecule has 5 N–H and O–H groups in total. The molecule has 6 nitrogen and oxygen atoms in total. The van der Waals surface area contributed by atoms with E-state index in [0.717, 1.165) is 5.56 Å². The van der Waals surface area contributed by atoms with E-state index in [9.17, 15) is 20.4 Å². The van der Waals surface area contributed by atoms with E-state index in [0.29, 0.717) is 6.61 Å². The Morgan fingerprint density at radius 1 is 1.00 bits per heavy atom. The van der Waals surface area contributed by atoms with Gasteiger partial charge in [-0.05, 0) is 12.0 Å². The molecular weight excluding hydrogens is 250 g/mol. The number of benzene rings is 1. The predicted octanol–water partition coefficient (Wildman–Crippen LogP) is -1.08. The first kappa shape index (κ1) is 14.4. The molecule has 0 amide bonds. The summed E-state index contributed by atoms with van der Waals surface area (Å²) in [5.74, 6) is 0. The zero-order chi connectivity index (χ0) is 13.8. The first-order valence-corrected chi connectivity index (χ1v) is 6.23. The van der Waals surface area contributed by atoms with Gasteiger partial charge in [0.15, 0.2) is 0 Å². The highest BCUT2D eigenvalue weighted by atomic mass is 16.6. The average molecular weight is 269 g/mol. The Morgan fingerprint density at radius 3 is 2.37 bits per heavy atom. The molecule has 1 saturated carbocycles. The van der Waals surface area contributed by atoms with Gasteiger partial charge in [-0.3, -0.25) is 4.84 Å². The van der Waals surface area contributed by atoms with Crippen LogP contribution in [-0.2, 0) is 11.4 Å². The minimum atomic E-state index is -1.39. The van der Waals surface area contributed by atoms with Crippen molar-refractivity contribution in [2.75, 3.05) is 0 Å². The number of rotatable bonds is 4. The van der Waals surface area contributed by atoms with E-state index >= 15 is 0 Å². The van der Waals surface area contributed by atoms with Crippen LogP contribution in [0.5, 0.6) is 0 Å². The summed E-state index contributed by atoms with van der Waals surface area (Å²) in [5.41, 5.74) is 3.58. The zero-order valence-electron chi connectivity index (χ0n) is 10.4. The minimum absolute atomic E-state index is 0.105. The summed E-state index contributed by atoms with van der Waals surface area (Å²) < 4.78 is 0. The van der Waals surface area contributed by atoms with Crippen molar-refractivity contribution >= 4 is 0 Å². The summed E-state index contributed by atoms with van der Waals surface area (Å²) in [4.78, 5) is 5.25. The molecule has 5 atom stereocenters. The van der Waals surface area contributed by atoms with Gasteiger partial charge in [0.05, 0.1) is 18.8 Å². The third-order valence-corrected chi connectivity index (χ3v) is 3.32. The maximum absolute atomic E-state index is 9.76. The van der Waals surface area contributed by atoms with E-state index in [1.807, 2.05) is 30.3 Å². The zero-order valence-corrected chi connectivity index (χ0v) is 10.4. The number of hydrogen-bond donors (Lipinski definition) is 5. The third kappa shape index (κ3) is 3.50. The highest BCUT2D eigenvalue weighted by molar-refractivity contribution is 5.13. The first-order chi connectivity index (χ1) is 9.09. The Bertz CT molecular complexity index is 388. The highest BCUT2D eigenvalue weighted by Gasteiger charge is 2.42. The van der Waals surface area contributed by atoms with Gasteiger partial charge < -0.3 is 20.4 Å². The second-order valence-corrected chi connectivity index (χ2v) is 4.77. The summed E-state index contributed by atoms with van der Waals surface area (Å²) >= 11 is 0. The summed E-state index contributed by atoms with van der Waals surface area (Å²) in [5, 5.41) is 38.3. The fraction of sp³-hybridized carbons (Fsp3) is 0.538. The summed E-state index contributed by atoms with van der Waals surface area (Å²) in [6.45, 7) is 0.304. The van der Waals surface area contributed by atoms with E-state index in [4.69, 9.17) is 4.84 Å². The standard InChI is InChI=1S/C13H19NO5/c15-10-6-9(11(16)13(18)12(10)17)14-19-7-8-4-2-1-3-5-8/h1-5,9-18H,6-7H2/t9-,10-,11+,12-,13-/m1/s1. The van der Waals surface area contributed by atoms with Gasteiger partial charge in [-0.15, -0.1) is 0 Å². The molecule has 0 heterocycles. The van der Waals surface area contributed by atoms with E-state index < -0.39 is 30.5 Å². The number of hydroxylamine groups is 1. The molecule has 1 aromatic rings. The van der Waals surface area contributed by atoms with E-state index in [-0.39, 0.29) is 6.42 Å². The van der Waals surface area contributed by atoms with Crippen LogP contribution in [0, 0.1) is 0 Å². The van der Waals surface area contributed by atoms with Crippen molar-refractivity contribution in [3.8, 4) is 0 Å². The van der Waals surface area contributed by atoms with Gasteiger partial charge in [-0.1, -0.05) is 30.3 Å². The molecular formula is C13H19NO5. The molecule has 0 aliphatic heterocycles. The highest BCUT2D eigenvalue weighted by Crippen LogP contribution is 2.20. The molecule has 0 bridgehead atoms. The molecule has 2 rings (SSSR count). The van der Waals surface area contributed by atoms with Gasteiger partial charge >= 0.3 is 0 Å². The van der Waals surface area contributed by atoms with Crippen molar-refractivity contribution < 1.29 is 25.3 Å².